The van der Waals surface area contributed by atoms with E-state index in [-0.39, 0.29) is 12.2 Å². The summed E-state index contributed by atoms with van der Waals surface area (Å²) >= 11 is 0. The first kappa shape index (κ1) is 23.0. The van der Waals surface area contributed by atoms with Crippen LogP contribution in [0.3, 0.4) is 0 Å². The average Bonchev–Trinajstić information content (AvgIpc) is 2.88. The van der Waals surface area contributed by atoms with Crippen LogP contribution in [0.25, 0.3) is 43.1 Å². The first-order valence-corrected chi connectivity index (χ1v) is 11.7. The summed E-state index contributed by atoms with van der Waals surface area (Å²) in [5, 5.41) is 45.5. The van der Waals surface area contributed by atoms with E-state index in [1.807, 2.05) is 48.5 Å². The molecule has 0 radical (unpaired) electrons. The van der Waals surface area contributed by atoms with Gasteiger partial charge in [-0.15, -0.1) is 0 Å². The van der Waals surface area contributed by atoms with Crippen LogP contribution < -0.4 is 4.74 Å². The van der Waals surface area contributed by atoms with Crippen molar-refractivity contribution in [3.8, 4) is 23.6 Å². The number of aromatic hydroxyl groups is 1. The number of aliphatic carboxylic acids is 1. The third kappa shape index (κ3) is 4.00. The highest BCUT2D eigenvalue weighted by molar-refractivity contribution is 6.29. The number of rotatable bonds is 7. The molecule has 0 atom stereocenters. The number of phenolic OH excluding ortho intramolecular Hbond substituents is 1. The van der Waals surface area contributed by atoms with Gasteiger partial charge in [0.15, 0.2) is 0 Å². The summed E-state index contributed by atoms with van der Waals surface area (Å²) in [5.41, 5.74) is 0.693. The van der Waals surface area contributed by atoms with Crippen molar-refractivity contribution in [3.05, 3.63) is 71.8 Å². The highest BCUT2D eigenvalue weighted by Gasteiger charge is 2.18. The topological polar surface area (TPSA) is 114 Å². The maximum absolute atomic E-state index is 10.6. The number of fused-ring (bicyclic) bond motifs is 7. The Hall–Kier alpha value is -4.81. The molecule has 0 amide bonds. The molecule has 176 valence electrons. The third-order valence-corrected chi connectivity index (χ3v) is 6.56. The van der Waals surface area contributed by atoms with E-state index >= 15 is 0 Å². The molecular formula is C30H22N2O4. The van der Waals surface area contributed by atoms with Crippen LogP contribution in [0.5, 0.6) is 11.5 Å². The first-order chi connectivity index (χ1) is 17.5. The van der Waals surface area contributed by atoms with E-state index in [2.05, 4.69) is 12.1 Å². The lowest BCUT2D eigenvalue weighted by Crippen LogP contribution is -1.99. The number of ether oxygens (including phenoxy) is 1. The third-order valence-electron chi connectivity index (χ3n) is 6.56. The van der Waals surface area contributed by atoms with Gasteiger partial charge in [0.25, 0.3) is 0 Å². The van der Waals surface area contributed by atoms with Gasteiger partial charge in [0, 0.05) is 17.2 Å². The number of carboxylic acids is 1. The van der Waals surface area contributed by atoms with Crippen LogP contribution in [0, 0.1) is 22.7 Å². The molecule has 5 aromatic rings. The summed E-state index contributed by atoms with van der Waals surface area (Å²) in [6, 6.07) is 23.0. The molecule has 0 heterocycles. The second kappa shape index (κ2) is 9.44. The quantitative estimate of drug-likeness (QED) is 0.199. The van der Waals surface area contributed by atoms with Gasteiger partial charge < -0.3 is 14.9 Å². The molecule has 2 N–H and O–H groups in total. The molecule has 5 aromatic carbocycles. The van der Waals surface area contributed by atoms with Crippen LogP contribution in [-0.2, 0) is 4.79 Å². The van der Waals surface area contributed by atoms with Crippen molar-refractivity contribution in [2.24, 2.45) is 0 Å². The number of hydrogen-bond acceptors (Lipinski definition) is 5. The van der Waals surface area contributed by atoms with E-state index in [1.54, 1.807) is 12.1 Å². The van der Waals surface area contributed by atoms with E-state index < -0.39 is 5.97 Å². The molecule has 0 aliphatic rings. The number of carboxylic acid groups (broad SMARTS) is 1. The van der Waals surface area contributed by atoms with Gasteiger partial charge in [-0.05, 0) is 75.8 Å². The van der Waals surface area contributed by atoms with E-state index in [0.29, 0.717) is 40.7 Å². The maximum Gasteiger partial charge on any atom is 0.303 e. The predicted molar refractivity (Wildman–Crippen MR) is 139 cm³/mol. The van der Waals surface area contributed by atoms with Crippen molar-refractivity contribution in [1.82, 2.24) is 0 Å². The minimum Gasteiger partial charge on any atom is -0.508 e. The fourth-order valence-corrected chi connectivity index (χ4v) is 4.92. The smallest absolute Gasteiger partial charge is 0.303 e. The van der Waals surface area contributed by atoms with Crippen LogP contribution in [0.1, 0.15) is 36.8 Å². The van der Waals surface area contributed by atoms with Crippen LogP contribution in [0.15, 0.2) is 60.7 Å². The molecule has 5 rings (SSSR count). The van der Waals surface area contributed by atoms with Crippen molar-refractivity contribution >= 4 is 49.1 Å². The molecule has 0 saturated heterocycles. The van der Waals surface area contributed by atoms with Gasteiger partial charge in [0.2, 0.25) is 0 Å². The van der Waals surface area contributed by atoms with Gasteiger partial charge >= 0.3 is 5.97 Å². The Bertz CT molecular complexity index is 1760. The largest absolute Gasteiger partial charge is 0.508 e. The number of benzene rings is 5. The lowest BCUT2D eigenvalue weighted by Gasteiger charge is -2.15. The van der Waals surface area contributed by atoms with Crippen molar-refractivity contribution in [1.29, 1.82) is 10.5 Å². The number of hydrogen-bond donors (Lipinski definition) is 2. The Morgan fingerprint density at radius 1 is 0.750 bits per heavy atom. The summed E-state index contributed by atoms with van der Waals surface area (Å²) in [5.74, 6) is 0.0967. The Labute approximate surface area is 207 Å². The summed E-state index contributed by atoms with van der Waals surface area (Å²) in [7, 11) is 0. The van der Waals surface area contributed by atoms with E-state index in [9.17, 15) is 20.4 Å². The van der Waals surface area contributed by atoms with Gasteiger partial charge in [0.05, 0.1) is 17.7 Å². The number of carbonyl (C=O) groups is 1. The molecule has 0 aliphatic carbocycles. The Morgan fingerprint density at radius 3 is 1.94 bits per heavy atom. The van der Waals surface area contributed by atoms with E-state index in [1.165, 1.54) is 0 Å². The molecule has 0 bridgehead atoms. The number of phenols is 1. The average molecular weight is 475 g/mol. The Kier molecular flexibility index (Phi) is 6.02. The second-order valence-corrected chi connectivity index (χ2v) is 8.79. The Balaban J connectivity index is 1.66. The molecule has 6 nitrogen and oxygen atoms in total. The SMILES string of the molecule is N#Cc1c(C#N)c2ccc3cc(OCCCCCC(=O)O)ccc3c2c2c1ccc1cc(O)ccc12. The predicted octanol–water partition coefficient (Wildman–Crippen LogP) is 6.77. The van der Waals surface area contributed by atoms with Gasteiger partial charge in [0.1, 0.15) is 23.6 Å². The number of nitriles is 2. The second-order valence-electron chi connectivity index (χ2n) is 8.79. The molecule has 0 aliphatic heterocycles. The molecule has 0 spiro atoms. The Morgan fingerprint density at radius 2 is 1.33 bits per heavy atom. The lowest BCUT2D eigenvalue weighted by atomic mass is 9.87. The molecule has 0 saturated carbocycles. The van der Waals surface area contributed by atoms with Crippen LogP contribution in [0.4, 0.5) is 0 Å². The first-order valence-electron chi connectivity index (χ1n) is 11.7. The number of nitrogens with zero attached hydrogens (tertiary/aromatic N) is 2. The standard InChI is InChI=1S/C30H22N2O4/c31-16-26-24-9-5-18-14-20(33)7-11-22(18)29(24)30-23-12-8-21(36-13-3-1-2-4-28(34)35)15-19(23)6-10-25(30)27(26)17-32/h5-12,14-15,33H,1-4,13H2,(H,34,35). The van der Waals surface area contributed by atoms with Crippen LogP contribution in [-0.4, -0.2) is 22.8 Å². The van der Waals surface area contributed by atoms with Gasteiger partial charge in [-0.3, -0.25) is 4.79 Å². The minimum atomic E-state index is -0.781. The zero-order valence-corrected chi connectivity index (χ0v) is 19.4. The summed E-state index contributed by atoms with van der Waals surface area (Å²) in [6.07, 6.45) is 2.36. The number of unbranched alkanes of at least 4 members (excludes halogenated alkanes) is 2. The van der Waals surface area contributed by atoms with Crippen molar-refractivity contribution < 1.29 is 19.7 Å². The van der Waals surface area contributed by atoms with Crippen molar-refractivity contribution in [2.75, 3.05) is 6.61 Å². The van der Waals surface area contributed by atoms with E-state index in [4.69, 9.17) is 9.84 Å². The molecular weight excluding hydrogens is 452 g/mol. The van der Waals surface area contributed by atoms with Crippen molar-refractivity contribution in [2.45, 2.75) is 25.7 Å². The zero-order chi connectivity index (χ0) is 25.2. The molecule has 0 aromatic heterocycles. The molecule has 6 heteroatoms. The van der Waals surface area contributed by atoms with Crippen LogP contribution in [0.2, 0.25) is 0 Å². The summed E-state index contributed by atoms with van der Waals surface area (Å²) in [6.45, 7) is 0.500. The fourth-order valence-electron chi connectivity index (χ4n) is 4.92. The monoisotopic (exact) mass is 474 g/mol. The van der Waals surface area contributed by atoms with Gasteiger partial charge in [-0.25, -0.2) is 0 Å². The van der Waals surface area contributed by atoms with Crippen LogP contribution >= 0.6 is 0 Å². The summed E-state index contributed by atoms with van der Waals surface area (Å²) in [4.78, 5) is 10.6. The molecule has 0 fully saturated rings. The maximum atomic E-state index is 10.6. The fraction of sp³-hybridized carbons (Fsp3) is 0.167. The van der Waals surface area contributed by atoms with E-state index in [0.717, 1.165) is 45.2 Å². The van der Waals surface area contributed by atoms with Crippen molar-refractivity contribution in [3.63, 3.8) is 0 Å². The highest BCUT2D eigenvalue weighted by atomic mass is 16.5. The normalized spacial score (nSPS) is 11.1. The van der Waals surface area contributed by atoms with Gasteiger partial charge in [-0.1, -0.05) is 36.4 Å². The molecule has 36 heavy (non-hydrogen) atoms. The summed E-state index contributed by atoms with van der Waals surface area (Å²) < 4.78 is 5.91. The molecule has 0 unspecified atom stereocenters. The zero-order valence-electron chi connectivity index (χ0n) is 19.4. The minimum absolute atomic E-state index is 0.162. The van der Waals surface area contributed by atoms with Gasteiger partial charge in [-0.2, -0.15) is 10.5 Å². The lowest BCUT2D eigenvalue weighted by molar-refractivity contribution is -0.137. The highest BCUT2D eigenvalue weighted by Crippen LogP contribution is 2.41.